The van der Waals surface area contributed by atoms with E-state index in [1.54, 1.807) is 13.3 Å². The lowest BCUT2D eigenvalue weighted by Crippen LogP contribution is -2.46. The van der Waals surface area contributed by atoms with Gasteiger partial charge >= 0.3 is 0 Å². The summed E-state index contributed by atoms with van der Waals surface area (Å²) >= 11 is 0. The predicted molar refractivity (Wildman–Crippen MR) is 54.0 cm³/mol. The zero-order valence-electron chi connectivity index (χ0n) is 8.66. The van der Waals surface area contributed by atoms with Crippen LogP contribution in [0.3, 0.4) is 0 Å². The molecule has 0 saturated heterocycles. The van der Waals surface area contributed by atoms with Gasteiger partial charge in [-0.25, -0.2) is 4.98 Å². The van der Waals surface area contributed by atoms with Gasteiger partial charge in [0.1, 0.15) is 5.82 Å². The van der Waals surface area contributed by atoms with Gasteiger partial charge in [0.15, 0.2) is 0 Å². The Kier molecular flexibility index (Phi) is 2.84. The van der Waals surface area contributed by atoms with Crippen LogP contribution in [-0.2, 0) is 4.74 Å². The molecule has 1 aliphatic carbocycles. The first-order valence-electron chi connectivity index (χ1n) is 5.07. The molecule has 2 rings (SSSR count). The first-order valence-corrected chi connectivity index (χ1v) is 5.07. The van der Waals surface area contributed by atoms with Crippen molar-refractivity contribution in [2.24, 2.45) is 0 Å². The summed E-state index contributed by atoms with van der Waals surface area (Å²) in [5.41, 5.74) is 0. The van der Waals surface area contributed by atoms with Crippen LogP contribution in [0.15, 0.2) is 12.4 Å². The van der Waals surface area contributed by atoms with Crippen LogP contribution in [0.4, 0.5) is 0 Å². The molecule has 1 aromatic rings. The monoisotopic (exact) mass is 195 g/mol. The minimum absolute atomic E-state index is 0.299. The van der Waals surface area contributed by atoms with Crippen molar-refractivity contribution in [3.63, 3.8) is 0 Å². The molecule has 4 heteroatoms. The van der Waals surface area contributed by atoms with Crippen molar-refractivity contribution >= 4 is 0 Å². The Morgan fingerprint density at radius 3 is 3.00 bits per heavy atom. The second-order valence-electron chi connectivity index (χ2n) is 3.89. The van der Waals surface area contributed by atoms with E-state index in [0.717, 1.165) is 18.7 Å². The predicted octanol–water partition coefficient (Wildman–Crippen LogP) is 1.24. The van der Waals surface area contributed by atoms with Crippen LogP contribution < -0.4 is 5.32 Å². The molecule has 1 aliphatic rings. The average Bonchev–Trinajstić information content (AvgIpc) is 2.62. The maximum atomic E-state index is 5.23. The lowest BCUT2D eigenvalue weighted by Gasteiger charge is -2.36. The van der Waals surface area contributed by atoms with Gasteiger partial charge in [0.25, 0.3) is 0 Å². The van der Waals surface area contributed by atoms with E-state index in [1.807, 2.05) is 6.20 Å². The Balaban J connectivity index is 1.77. The number of aromatic amines is 1. The summed E-state index contributed by atoms with van der Waals surface area (Å²) in [4.78, 5) is 7.33. The third-order valence-corrected chi connectivity index (χ3v) is 2.84. The van der Waals surface area contributed by atoms with Gasteiger partial charge in [0.05, 0.1) is 12.1 Å². The number of rotatable bonds is 4. The van der Waals surface area contributed by atoms with Crippen molar-refractivity contribution in [1.82, 2.24) is 15.3 Å². The van der Waals surface area contributed by atoms with Crippen LogP contribution in [0.5, 0.6) is 0 Å². The Hall–Kier alpha value is -0.870. The number of nitrogens with one attached hydrogen (secondary N) is 2. The first kappa shape index (κ1) is 9.68. The van der Waals surface area contributed by atoms with E-state index in [0.29, 0.717) is 18.2 Å². The van der Waals surface area contributed by atoms with Gasteiger partial charge < -0.3 is 15.0 Å². The lowest BCUT2D eigenvalue weighted by molar-refractivity contribution is 0.0145. The Morgan fingerprint density at radius 1 is 1.64 bits per heavy atom. The second-order valence-corrected chi connectivity index (χ2v) is 3.89. The quantitative estimate of drug-likeness (QED) is 0.760. The Labute approximate surface area is 84.1 Å². The van der Waals surface area contributed by atoms with Gasteiger partial charge in [-0.2, -0.15) is 0 Å². The molecule has 0 spiro atoms. The van der Waals surface area contributed by atoms with Gasteiger partial charge in [0, 0.05) is 25.5 Å². The number of imidazole rings is 1. The van der Waals surface area contributed by atoms with Crippen molar-refractivity contribution in [2.75, 3.05) is 7.11 Å². The van der Waals surface area contributed by atoms with Gasteiger partial charge in [-0.3, -0.25) is 0 Å². The van der Waals surface area contributed by atoms with E-state index in [9.17, 15) is 0 Å². The fourth-order valence-electron chi connectivity index (χ4n) is 1.84. The molecule has 2 N–H and O–H groups in total. The van der Waals surface area contributed by atoms with Crippen molar-refractivity contribution in [3.05, 3.63) is 18.2 Å². The molecule has 0 radical (unpaired) electrons. The zero-order valence-corrected chi connectivity index (χ0v) is 8.66. The van der Waals surface area contributed by atoms with Crippen LogP contribution in [0.2, 0.25) is 0 Å². The summed E-state index contributed by atoms with van der Waals surface area (Å²) in [5, 5.41) is 3.51. The summed E-state index contributed by atoms with van der Waals surface area (Å²) in [7, 11) is 1.77. The average molecular weight is 195 g/mol. The molecule has 0 aromatic carbocycles. The number of hydrogen-bond acceptors (Lipinski definition) is 3. The number of nitrogens with zero attached hydrogens (tertiary/aromatic N) is 1. The van der Waals surface area contributed by atoms with Crippen LogP contribution in [0, 0.1) is 0 Å². The number of ether oxygens (including phenoxy) is 1. The highest BCUT2D eigenvalue weighted by Gasteiger charge is 2.30. The number of methoxy groups -OCH3 is 1. The molecular formula is C10H17N3O. The number of aromatic nitrogens is 2. The zero-order chi connectivity index (χ0) is 9.97. The normalized spacial score (nSPS) is 28.4. The van der Waals surface area contributed by atoms with Crippen molar-refractivity contribution in [1.29, 1.82) is 0 Å². The number of hydrogen-bond donors (Lipinski definition) is 2. The van der Waals surface area contributed by atoms with Crippen LogP contribution in [-0.4, -0.2) is 29.2 Å². The molecule has 1 saturated carbocycles. The van der Waals surface area contributed by atoms with E-state index in [-0.39, 0.29) is 0 Å². The van der Waals surface area contributed by atoms with Crippen LogP contribution >= 0.6 is 0 Å². The SMILES string of the molecule is COC1CC(NC(C)c2ncc[nH]2)C1. The summed E-state index contributed by atoms with van der Waals surface area (Å²) in [6.07, 6.45) is 6.32. The Morgan fingerprint density at radius 2 is 2.43 bits per heavy atom. The molecule has 1 unspecified atom stereocenters. The summed E-state index contributed by atoms with van der Waals surface area (Å²) in [6.45, 7) is 2.12. The van der Waals surface area contributed by atoms with E-state index in [2.05, 4.69) is 22.2 Å². The molecule has 1 aromatic heterocycles. The van der Waals surface area contributed by atoms with Crippen LogP contribution in [0.1, 0.15) is 31.6 Å². The smallest absolute Gasteiger partial charge is 0.122 e. The van der Waals surface area contributed by atoms with E-state index in [1.165, 1.54) is 0 Å². The molecule has 1 heterocycles. The van der Waals surface area contributed by atoms with Crippen molar-refractivity contribution < 1.29 is 4.74 Å². The molecular weight excluding hydrogens is 178 g/mol. The molecule has 1 atom stereocenters. The van der Waals surface area contributed by atoms with Crippen molar-refractivity contribution in [3.8, 4) is 0 Å². The van der Waals surface area contributed by atoms with Gasteiger partial charge in [-0.1, -0.05) is 0 Å². The van der Waals surface area contributed by atoms with E-state index in [4.69, 9.17) is 4.74 Å². The summed E-state index contributed by atoms with van der Waals surface area (Å²) < 4.78 is 5.23. The minimum Gasteiger partial charge on any atom is -0.381 e. The summed E-state index contributed by atoms with van der Waals surface area (Å²) in [6, 6.07) is 0.882. The topological polar surface area (TPSA) is 49.9 Å². The maximum Gasteiger partial charge on any atom is 0.122 e. The minimum atomic E-state index is 0.299. The third kappa shape index (κ3) is 1.96. The maximum absolute atomic E-state index is 5.23. The highest BCUT2D eigenvalue weighted by atomic mass is 16.5. The summed E-state index contributed by atoms with van der Waals surface area (Å²) in [5.74, 6) is 1.01. The molecule has 78 valence electrons. The largest absolute Gasteiger partial charge is 0.381 e. The fourth-order valence-corrected chi connectivity index (χ4v) is 1.84. The third-order valence-electron chi connectivity index (χ3n) is 2.84. The van der Waals surface area contributed by atoms with Crippen LogP contribution in [0.25, 0.3) is 0 Å². The van der Waals surface area contributed by atoms with Gasteiger partial charge in [-0.15, -0.1) is 0 Å². The molecule has 14 heavy (non-hydrogen) atoms. The van der Waals surface area contributed by atoms with E-state index >= 15 is 0 Å². The second kappa shape index (κ2) is 4.11. The van der Waals surface area contributed by atoms with Crippen molar-refractivity contribution in [2.45, 2.75) is 38.0 Å². The molecule has 0 amide bonds. The standard InChI is InChI=1S/C10H17N3O/c1-7(10-11-3-4-12-10)13-8-5-9(6-8)14-2/h3-4,7-9,13H,5-6H2,1-2H3,(H,11,12). The fraction of sp³-hybridized carbons (Fsp3) is 0.700. The highest BCUT2D eigenvalue weighted by molar-refractivity contribution is 4.97. The highest BCUT2D eigenvalue weighted by Crippen LogP contribution is 2.24. The van der Waals surface area contributed by atoms with Gasteiger partial charge in [0.2, 0.25) is 0 Å². The molecule has 0 aliphatic heterocycles. The molecule has 4 nitrogen and oxygen atoms in total. The molecule has 0 bridgehead atoms. The Bertz CT molecular complexity index is 267. The molecule has 1 fully saturated rings. The number of H-pyrrole nitrogens is 1. The van der Waals surface area contributed by atoms with E-state index < -0.39 is 0 Å². The first-order chi connectivity index (χ1) is 6.79. The van der Waals surface area contributed by atoms with Gasteiger partial charge in [-0.05, 0) is 19.8 Å². The lowest BCUT2D eigenvalue weighted by atomic mass is 9.89.